The van der Waals surface area contributed by atoms with Crippen molar-refractivity contribution in [3.63, 3.8) is 0 Å². The van der Waals surface area contributed by atoms with E-state index >= 15 is 0 Å². The molecule has 1 saturated heterocycles. The van der Waals surface area contributed by atoms with Crippen LogP contribution in [0.2, 0.25) is 0 Å². The van der Waals surface area contributed by atoms with E-state index in [0.29, 0.717) is 6.04 Å². The van der Waals surface area contributed by atoms with Crippen LogP contribution in [0.3, 0.4) is 0 Å². The van der Waals surface area contributed by atoms with Crippen LogP contribution >= 0.6 is 0 Å². The molecule has 0 aromatic carbocycles. The molecule has 1 fully saturated rings. The largest absolute Gasteiger partial charge is 0.314 e. The number of piperidine rings is 1. The fourth-order valence-corrected chi connectivity index (χ4v) is 4.65. The molecule has 0 bridgehead atoms. The van der Waals surface area contributed by atoms with Crippen molar-refractivity contribution < 1.29 is 4.84 Å². The Balaban J connectivity index is 2.36. The summed E-state index contributed by atoms with van der Waals surface area (Å²) in [6, 6.07) is 0.607. The molecule has 26 heavy (non-hydrogen) atoms. The molecule has 0 saturated carbocycles. The fraction of sp³-hybridized carbons (Fsp3) is 1.00. The van der Waals surface area contributed by atoms with Crippen LogP contribution in [0, 0.1) is 0 Å². The first-order chi connectivity index (χ1) is 12.3. The summed E-state index contributed by atoms with van der Waals surface area (Å²) in [5.41, 5.74) is 0.177. The Morgan fingerprint density at radius 3 is 1.85 bits per heavy atom. The average Bonchev–Trinajstić information content (AvgIpc) is 2.55. The Hall–Kier alpha value is -0.120. The third-order valence-corrected chi connectivity index (χ3v) is 5.77. The van der Waals surface area contributed by atoms with Gasteiger partial charge in [0, 0.05) is 17.1 Å². The summed E-state index contributed by atoms with van der Waals surface area (Å²) in [4.78, 5) is 6.33. The second-order valence-electron chi connectivity index (χ2n) is 9.64. The van der Waals surface area contributed by atoms with Gasteiger partial charge in [-0.2, -0.15) is 5.06 Å². The lowest BCUT2D eigenvalue weighted by molar-refractivity contribution is -0.284. The van der Waals surface area contributed by atoms with Crippen LogP contribution in [-0.4, -0.2) is 35.3 Å². The molecule has 3 heteroatoms. The number of nitrogens with zero attached hydrogens (tertiary/aromatic N) is 1. The minimum absolute atomic E-state index is 0.0883. The minimum atomic E-state index is 0.0883. The van der Waals surface area contributed by atoms with Gasteiger partial charge in [-0.1, -0.05) is 65.2 Å². The monoisotopic (exact) mass is 368 g/mol. The van der Waals surface area contributed by atoms with E-state index in [0.717, 1.165) is 13.2 Å². The van der Waals surface area contributed by atoms with Crippen LogP contribution in [-0.2, 0) is 4.84 Å². The number of hydrogen-bond acceptors (Lipinski definition) is 3. The molecule has 0 spiro atoms. The third kappa shape index (κ3) is 8.71. The molecule has 0 amide bonds. The highest BCUT2D eigenvalue weighted by Crippen LogP contribution is 2.38. The van der Waals surface area contributed by atoms with Crippen LogP contribution in [0.15, 0.2) is 0 Å². The van der Waals surface area contributed by atoms with Gasteiger partial charge in [-0.3, -0.25) is 4.84 Å². The highest BCUT2D eigenvalue weighted by molar-refractivity contribution is 4.99. The van der Waals surface area contributed by atoms with E-state index in [4.69, 9.17) is 4.84 Å². The molecule has 1 N–H and O–H groups in total. The minimum Gasteiger partial charge on any atom is -0.314 e. The topological polar surface area (TPSA) is 24.5 Å². The van der Waals surface area contributed by atoms with Gasteiger partial charge >= 0.3 is 0 Å². The summed E-state index contributed by atoms with van der Waals surface area (Å²) < 4.78 is 0. The normalized spacial score (nSPS) is 20.5. The van der Waals surface area contributed by atoms with E-state index in [1.54, 1.807) is 0 Å². The Labute approximate surface area is 164 Å². The maximum atomic E-state index is 6.33. The molecule has 0 aliphatic carbocycles. The van der Waals surface area contributed by atoms with E-state index in [9.17, 15) is 0 Å². The lowest BCUT2D eigenvalue weighted by Gasteiger charge is -2.54. The molecular formula is C23H48N2O. The predicted molar refractivity (Wildman–Crippen MR) is 114 cm³/mol. The SMILES string of the molecule is CCCCCCCCON1C(C)(C)CC(NCCCCCC)CC1(C)C. The standard InChI is InChI=1S/C23H48N2O/c1-7-9-11-13-14-16-18-26-25-22(3,4)19-21(20-23(25,5)6)24-17-15-12-10-8-2/h21,24H,7-20H2,1-6H3. The Bertz CT molecular complexity index is 336. The summed E-state index contributed by atoms with van der Waals surface area (Å²) in [5.74, 6) is 0. The van der Waals surface area contributed by atoms with Crippen molar-refractivity contribution >= 4 is 0 Å². The van der Waals surface area contributed by atoms with Crippen LogP contribution in [0.25, 0.3) is 0 Å². The van der Waals surface area contributed by atoms with E-state index in [1.165, 1.54) is 77.0 Å². The zero-order valence-corrected chi connectivity index (χ0v) is 18.8. The van der Waals surface area contributed by atoms with Crippen molar-refractivity contribution in [1.29, 1.82) is 0 Å². The maximum Gasteiger partial charge on any atom is 0.0685 e. The molecule has 0 aromatic rings. The molecule has 0 aromatic heterocycles. The van der Waals surface area contributed by atoms with Crippen molar-refractivity contribution in [2.75, 3.05) is 13.2 Å². The van der Waals surface area contributed by atoms with Crippen molar-refractivity contribution in [3.8, 4) is 0 Å². The Kier molecular flexibility index (Phi) is 11.4. The molecule has 0 unspecified atom stereocenters. The number of hydroxylamine groups is 2. The first-order valence-corrected chi connectivity index (χ1v) is 11.5. The van der Waals surface area contributed by atoms with Gasteiger partial charge in [0.25, 0.3) is 0 Å². The van der Waals surface area contributed by atoms with E-state index in [1.807, 2.05) is 0 Å². The molecule has 0 radical (unpaired) electrons. The molecule has 156 valence electrons. The van der Waals surface area contributed by atoms with Crippen LogP contribution in [0.1, 0.15) is 119 Å². The molecular weight excluding hydrogens is 320 g/mol. The van der Waals surface area contributed by atoms with Gasteiger partial charge in [0.1, 0.15) is 0 Å². The predicted octanol–water partition coefficient (Wildman–Crippen LogP) is 6.47. The number of unbranched alkanes of at least 4 members (excludes halogenated alkanes) is 8. The van der Waals surface area contributed by atoms with Gasteiger partial charge in [0.2, 0.25) is 0 Å². The summed E-state index contributed by atoms with van der Waals surface area (Å²) in [6.07, 6.45) is 15.6. The van der Waals surface area contributed by atoms with Crippen molar-refractivity contribution in [2.45, 2.75) is 136 Å². The molecule has 1 aliphatic rings. The molecule has 1 rings (SSSR count). The van der Waals surface area contributed by atoms with Gasteiger partial charge in [-0.05, 0) is 59.9 Å². The summed E-state index contributed by atoms with van der Waals surface area (Å²) in [5, 5.41) is 6.15. The fourth-order valence-electron chi connectivity index (χ4n) is 4.65. The van der Waals surface area contributed by atoms with Crippen LogP contribution in [0.4, 0.5) is 0 Å². The average molecular weight is 369 g/mol. The summed E-state index contributed by atoms with van der Waals surface area (Å²) >= 11 is 0. The Morgan fingerprint density at radius 1 is 0.769 bits per heavy atom. The van der Waals surface area contributed by atoms with Gasteiger partial charge in [0.15, 0.2) is 0 Å². The summed E-state index contributed by atoms with van der Waals surface area (Å²) in [6.45, 7) is 16.0. The second kappa shape index (κ2) is 12.4. The van der Waals surface area contributed by atoms with Gasteiger partial charge < -0.3 is 5.32 Å². The van der Waals surface area contributed by atoms with Gasteiger partial charge in [-0.15, -0.1) is 0 Å². The number of hydrogen-bond donors (Lipinski definition) is 1. The number of rotatable bonds is 14. The maximum absolute atomic E-state index is 6.33. The molecule has 0 atom stereocenters. The molecule has 1 heterocycles. The van der Waals surface area contributed by atoms with Crippen LogP contribution < -0.4 is 5.32 Å². The Morgan fingerprint density at radius 2 is 1.27 bits per heavy atom. The third-order valence-electron chi connectivity index (χ3n) is 5.77. The smallest absolute Gasteiger partial charge is 0.0685 e. The van der Waals surface area contributed by atoms with E-state index in [2.05, 4.69) is 51.9 Å². The number of nitrogens with one attached hydrogen (secondary N) is 1. The first kappa shape index (κ1) is 23.9. The zero-order valence-electron chi connectivity index (χ0n) is 18.8. The van der Waals surface area contributed by atoms with E-state index < -0.39 is 0 Å². The zero-order chi connectivity index (χ0) is 19.5. The lowest BCUT2D eigenvalue weighted by atomic mass is 9.79. The van der Waals surface area contributed by atoms with Crippen molar-refractivity contribution in [1.82, 2.24) is 10.4 Å². The lowest BCUT2D eigenvalue weighted by Crippen LogP contribution is -2.63. The molecule has 3 nitrogen and oxygen atoms in total. The first-order valence-electron chi connectivity index (χ1n) is 11.5. The second-order valence-corrected chi connectivity index (χ2v) is 9.64. The molecule has 1 aliphatic heterocycles. The summed E-state index contributed by atoms with van der Waals surface area (Å²) in [7, 11) is 0. The van der Waals surface area contributed by atoms with Gasteiger partial charge in [-0.25, -0.2) is 0 Å². The van der Waals surface area contributed by atoms with Gasteiger partial charge in [0.05, 0.1) is 6.61 Å². The van der Waals surface area contributed by atoms with Crippen molar-refractivity contribution in [2.24, 2.45) is 0 Å². The quantitative estimate of drug-likeness (QED) is 0.356. The van der Waals surface area contributed by atoms with Crippen LogP contribution in [0.5, 0.6) is 0 Å². The highest BCUT2D eigenvalue weighted by Gasteiger charge is 2.46. The van der Waals surface area contributed by atoms with E-state index in [-0.39, 0.29) is 11.1 Å². The van der Waals surface area contributed by atoms with Crippen molar-refractivity contribution in [3.05, 3.63) is 0 Å². The highest BCUT2D eigenvalue weighted by atomic mass is 16.7.